The maximum atomic E-state index is 10.8. The van der Waals surface area contributed by atoms with E-state index in [0.717, 1.165) is 6.42 Å². The van der Waals surface area contributed by atoms with Crippen molar-refractivity contribution < 1.29 is 9.53 Å². The molecule has 0 spiro atoms. The summed E-state index contributed by atoms with van der Waals surface area (Å²) in [5.74, 6) is 0. The molecular weight excluding hydrogens is 158 g/mol. The molecule has 0 aliphatic carbocycles. The van der Waals surface area contributed by atoms with Crippen LogP contribution in [0.15, 0.2) is 0 Å². The monoisotopic (exact) mass is 173 g/mol. The van der Waals surface area contributed by atoms with Crippen LogP contribution in [-0.2, 0) is 4.74 Å². The van der Waals surface area contributed by atoms with Crippen molar-refractivity contribution in [1.82, 2.24) is 4.90 Å². The molecule has 0 radical (unpaired) electrons. The number of hydrogen-bond acceptors (Lipinski definition) is 3. The standard InChI is InChI=1S/C7H15N3O2/c8-4-6-5-10(7(9)11)2-1-3-12-6/h6H,1-5,8H2,(H2,9,11). The minimum Gasteiger partial charge on any atom is -0.375 e. The smallest absolute Gasteiger partial charge is 0.314 e. The number of amides is 2. The predicted octanol–water partition coefficient (Wildman–Crippen LogP) is -0.885. The van der Waals surface area contributed by atoms with Gasteiger partial charge < -0.3 is 21.1 Å². The minimum absolute atomic E-state index is 0.0556. The van der Waals surface area contributed by atoms with Crippen LogP contribution < -0.4 is 11.5 Å². The predicted molar refractivity (Wildman–Crippen MR) is 44.6 cm³/mol. The molecule has 1 atom stereocenters. The lowest BCUT2D eigenvalue weighted by Gasteiger charge is -2.20. The minimum atomic E-state index is -0.390. The number of carbonyl (C=O) groups excluding carboxylic acids is 1. The summed E-state index contributed by atoms with van der Waals surface area (Å²) in [6, 6.07) is -0.390. The lowest BCUT2D eigenvalue weighted by atomic mass is 10.3. The summed E-state index contributed by atoms with van der Waals surface area (Å²) in [5, 5.41) is 0. The van der Waals surface area contributed by atoms with E-state index in [-0.39, 0.29) is 12.1 Å². The largest absolute Gasteiger partial charge is 0.375 e. The first kappa shape index (κ1) is 9.28. The molecule has 0 bridgehead atoms. The highest BCUT2D eigenvalue weighted by Crippen LogP contribution is 2.03. The number of ether oxygens (including phenoxy) is 1. The highest BCUT2D eigenvalue weighted by Gasteiger charge is 2.19. The molecular formula is C7H15N3O2. The normalized spacial score (nSPS) is 25.1. The highest BCUT2D eigenvalue weighted by atomic mass is 16.5. The maximum Gasteiger partial charge on any atom is 0.314 e. The maximum absolute atomic E-state index is 10.8. The molecule has 1 heterocycles. The van der Waals surface area contributed by atoms with E-state index in [4.69, 9.17) is 16.2 Å². The Morgan fingerprint density at radius 1 is 1.67 bits per heavy atom. The second-order valence-corrected chi connectivity index (χ2v) is 2.87. The number of urea groups is 1. The third-order valence-corrected chi connectivity index (χ3v) is 1.92. The number of primary amides is 1. The van der Waals surface area contributed by atoms with Gasteiger partial charge in [-0.3, -0.25) is 0 Å². The Balaban J connectivity index is 2.47. The Hall–Kier alpha value is -0.810. The van der Waals surface area contributed by atoms with Gasteiger partial charge in [-0.2, -0.15) is 0 Å². The van der Waals surface area contributed by atoms with Gasteiger partial charge in [-0.05, 0) is 6.42 Å². The van der Waals surface area contributed by atoms with E-state index in [9.17, 15) is 4.79 Å². The highest BCUT2D eigenvalue weighted by molar-refractivity contribution is 5.72. The molecule has 1 fully saturated rings. The number of nitrogens with two attached hydrogens (primary N) is 2. The third-order valence-electron chi connectivity index (χ3n) is 1.92. The van der Waals surface area contributed by atoms with Gasteiger partial charge in [0.1, 0.15) is 0 Å². The molecule has 1 unspecified atom stereocenters. The van der Waals surface area contributed by atoms with Gasteiger partial charge in [0, 0.05) is 26.2 Å². The lowest BCUT2D eigenvalue weighted by molar-refractivity contribution is 0.0645. The molecule has 5 nitrogen and oxygen atoms in total. The van der Waals surface area contributed by atoms with Crippen LogP contribution >= 0.6 is 0 Å². The first-order valence-electron chi connectivity index (χ1n) is 4.10. The molecule has 0 aromatic heterocycles. The van der Waals surface area contributed by atoms with Crippen LogP contribution in [0, 0.1) is 0 Å². The summed E-state index contributed by atoms with van der Waals surface area (Å²) in [4.78, 5) is 12.4. The van der Waals surface area contributed by atoms with Crippen molar-refractivity contribution in [3.05, 3.63) is 0 Å². The number of carbonyl (C=O) groups is 1. The quantitative estimate of drug-likeness (QED) is 0.540. The second kappa shape index (κ2) is 4.27. The molecule has 4 N–H and O–H groups in total. The van der Waals surface area contributed by atoms with Gasteiger partial charge in [0.05, 0.1) is 6.10 Å². The lowest BCUT2D eigenvalue weighted by Crippen LogP contribution is -2.42. The van der Waals surface area contributed by atoms with Crippen LogP contribution in [0.1, 0.15) is 6.42 Å². The van der Waals surface area contributed by atoms with Gasteiger partial charge in [-0.15, -0.1) is 0 Å². The van der Waals surface area contributed by atoms with E-state index < -0.39 is 0 Å². The fourth-order valence-electron chi connectivity index (χ4n) is 1.24. The van der Waals surface area contributed by atoms with E-state index in [2.05, 4.69) is 0 Å². The number of rotatable bonds is 1. The zero-order chi connectivity index (χ0) is 8.97. The summed E-state index contributed by atoms with van der Waals surface area (Å²) >= 11 is 0. The average molecular weight is 173 g/mol. The van der Waals surface area contributed by atoms with E-state index in [1.54, 1.807) is 4.90 Å². The van der Waals surface area contributed by atoms with Gasteiger partial charge in [-0.25, -0.2) is 4.79 Å². The average Bonchev–Trinajstić information content (AvgIpc) is 2.28. The summed E-state index contributed by atoms with van der Waals surface area (Å²) in [6.45, 7) is 2.28. The molecule has 1 saturated heterocycles. The summed E-state index contributed by atoms with van der Waals surface area (Å²) in [7, 11) is 0. The van der Waals surface area contributed by atoms with Gasteiger partial charge in [-0.1, -0.05) is 0 Å². The molecule has 1 rings (SSSR count). The SMILES string of the molecule is NCC1CN(C(N)=O)CCCO1. The Morgan fingerprint density at radius 2 is 2.42 bits per heavy atom. The topological polar surface area (TPSA) is 81.6 Å². The molecule has 2 amide bonds. The molecule has 0 saturated carbocycles. The Labute approximate surface area is 71.6 Å². The molecule has 0 aromatic rings. The third kappa shape index (κ3) is 2.35. The Kier molecular flexibility index (Phi) is 3.31. The summed E-state index contributed by atoms with van der Waals surface area (Å²) in [6.07, 6.45) is 0.777. The van der Waals surface area contributed by atoms with Gasteiger partial charge in [0.25, 0.3) is 0 Å². The molecule has 70 valence electrons. The zero-order valence-corrected chi connectivity index (χ0v) is 7.03. The van der Waals surface area contributed by atoms with Gasteiger partial charge in [0.15, 0.2) is 0 Å². The van der Waals surface area contributed by atoms with E-state index in [0.29, 0.717) is 26.2 Å². The first-order valence-corrected chi connectivity index (χ1v) is 4.10. The van der Waals surface area contributed by atoms with Crippen molar-refractivity contribution in [3.8, 4) is 0 Å². The van der Waals surface area contributed by atoms with Crippen molar-refractivity contribution in [3.63, 3.8) is 0 Å². The molecule has 1 aliphatic rings. The molecule has 12 heavy (non-hydrogen) atoms. The fraction of sp³-hybridized carbons (Fsp3) is 0.857. The van der Waals surface area contributed by atoms with Gasteiger partial charge in [0.2, 0.25) is 0 Å². The Bertz CT molecular complexity index is 163. The van der Waals surface area contributed by atoms with Crippen LogP contribution in [0.4, 0.5) is 4.79 Å². The van der Waals surface area contributed by atoms with Crippen molar-refractivity contribution in [2.45, 2.75) is 12.5 Å². The Morgan fingerprint density at radius 3 is 3.00 bits per heavy atom. The molecule has 5 heteroatoms. The first-order chi connectivity index (χ1) is 5.74. The van der Waals surface area contributed by atoms with Crippen LogP contribution in [0.3, 0.4) is 0 Å². The molecule has 0 aromatic carbocycles. The molecule has 1 aliphatic heterocycles. The van der Waals surface area contributed by atoms with Crippen LogP contribution in [0.5, 0.6) is 0 Å². The van der Waals surface area contributed by atoms with Crippen molar-refractivity contribution in [1.29, 1.82) is 0 Å². The number of nitrogens with zero attached hydrogens (tertiary/aromatic N) is 1. The van der Waals surface area contributed by atoms with Crippen LogP contribution in [0.25, 0.3) is 0 Å². The van der Waals surface area contributed by atoms with E-state index >= 15 is 0 Å². The van der Waals surface area contributed by atoms with Crippen LogP contribution in [-0.4, -0.2) is 43.3 Å². The number of hydrogen-bond donors (Lipinski definition) is 2. The van der Waals surface area contributed by atoms with Crippen molar-refractivity contribution in [2.75, 3.05) is 26.2 Å². The zero-order valence-electron chi connectivity index (χ0n) is 7.03. The van der Waals surface area contributed by atoms with E-state index in [1.165, 1.54) is 0 Å². The summed E-state index contributed by atoms with van der Waals surface area (Å²) < 4.78 is 5.36. The second-order valence-electron chi connectivity index (χ2n) is 2.87. The van der Waals surface area contributed by atoms with Crippen LogP contribution in [0.2, 0.25) is 0 Å². The van der Waals surface area contributed by atoms with Gasteiger partial charge >= 0.3 is 6.03 Å². The van der Waals surface area contributed by atoms with E-state index in [1.807, 2.05) is 0 Å². The summed E-state index contributed by atoms with van der Waals surface area (Å²) in [5.41, 5.74) is 10.6. The fourth-order valence-corrected chi connectivity index (χ4v) is 1.24. The van der Waals surface area contributed by atoms with Crippen molar-refractivity contribution in [2.24, 2.45) is 11.5 Å². The van der Waals surface area contributed by atoms with Crippen molar-refractivity contribution >= 4 is 6.03 Å².